The van der Waals surface area contributed by atoms with Gasteiger partial charge in [0, 0.05) is 0 Å². The van der Waals surface area contributed by atoms with Crippen molar-refractivity contribution >= 4 is 18.2 Å². The lowest BCUT2D eigenvalue weighted by Crippen LogP contribution is -2.36. The lowest BCUT2D eigenvalue weighted by Gasteiger charge is -2.18. The van der Waals surface area contributed by atoms with Gasteiger partial charge in [-0.2, -0.15) is 0 Å². The van der Waals surface area contributed by atoms with Crippen molar-refractivity contribution in [2.24, 2.45) is 0 Å². The van der Waals surface area contributed by atoms with Gasteiger partial charge in [0.05, 0.1) is 0 Å². The van der Waals surface area contributed by atoms with E-state index in [0.717, 1.165) is 6.42 Å². The summed E-state index contributed by atoms with van der Waals surface area (Å²) in [5.74, 6) is 0. The highest BCUT2D eigenvalue weighted by molar-refractivity contribution is 6.68. The summed E-state index contributed by atoms with van der Waals surface area (Å²) in [5.41, 5.74) is 5.61. The van der Waals surface area contributed by atoms with Crippen LogP contribution >= 0.6 is 0 Å². The van der Waals surface area contributed by atoms with Gasteiger partial charge in [-0.05, 0) is 17.5 Å². The quantitative estimate of drug-likeness (QED) is 0.496. The summed E-state index contributed by atoms with van der Waals surface area (Å²) in [5, 5.41) is 0. The third-order valence-corrected chi connectivity index (χ3v) is 2.80. The van der Waals surface area contributed by atoms with Crippen LogP contribution in [0.3, 0.4) is 0 Å². The number of hydrogen-bond donors (Lipinski definition) is 0. The predicted molar refractivity (Wildman–Crippen MR) is 72.1 cm³/mol. The van der Waals surface area contributed by atoms with Gasteiger partial charge in [0.15, 0.2) is 7.28 Å². The van der Waals surface area contributed by atoms with E-state index in [1.54, 1.807) is 0 Å². The minimum atomic E-state index is 1.07. The molecule has 3 rings (SSSR count). The Morgan fingerprint density at radius 3 is 1.69 bits per heavy atom. The zero-order valence-corrected chi connectivity index (χ0v) is 9.90. The molecule has 0 amide bonds. The molecule has 0 saturated heterocycles. The van der Waals surface area contributed by atoms with Crippen molar-refractivity contribution in [1.29, 1.82) is 0 Å². The van der Waals surface area contributed by atoms with Crippen molar-refractivity contribution in [3.8, 4) is 0 Å². The van der Waals surface area contributed by atoms with Gasteiger partial charge in [-0.25, -0.2) is 0 Å². The molecule has 0 aromatic heterocycles. The Labute approximate surface area is 98.6 Å². The van der Waals surface area contributed by atoms with Crippen molar-refractivity contribution in [1.82, 2.24) is 0 Å². The molecular weight excluding hydrogens is 191 g/mol. The summed E-state index contributed by atoms with van der Waals surface area (Å²) < 4.78 is 0. The molecule has 2 aromatic carbocycles. The Balaban J connectivity index is 0.000000457. The van der Waals surface area contributed by atoms with Crippen LogP contribution < -0.4 is 10.9 Å². The molecule has 0 spiro atoms. The first-order valence-corrected chi connectivity index (χ1v) is 5.94. The standard InChI is InChI=1S/C13H10B.C2H6/c1-3-7-12-10(5-1)9-11-6-2-4-8-13(11)14-12;1-2/h1-8H,9H2;1-2H3. The molecule has 2 aromatic rings. The van der Waals surface area contributed by atoms with Crippen LogP contribution in [0.1, 0.15) is 25.0 Å². The molecule has 0 unspecified atom stereocenters. The second-order valence-electron chi connectivity index (χ2n) is 3.72. The molecule has 0 nitrogen and oxygen atoms in total. The molecule has 16 heavy (non-hydrogen) atoms. The predicted octanol–water partition coefficient (Wildman–Crippen LogP) is 2.27. The van der Waals surface area contributed by atoms with Crippen LogP contribution in [0.2, 0.25) is 0 Å². The fourth-order valence-corrected chi connectivity index (χ4v) is 2.04. The minimum Gasteiger partial charge on any atom is -0.0780 e. The van der Waals surface area contributed by atoms with Crippen molar-refractivity contribution in [2.75, 3.05) is 0 Å². The molecule has 1 heterocycles. The van der Waals surface area contributed by atoms with Crippen LogP contribution in [0.25, 0.3) is 0 Å². The van der Waals surface area contributed by atoms with E-state index < -0.39 is 0 Å². The molecule has 1 aliphatic heterocycles. The molecule has 0 atom stereocenters. The Hall–Kier alpha value is -1.50. The largest absolute Gasteiger partial charge is 0.192 e. The molecule has 0 N–H and O–H groups in total. The van der Waals surface area contributed by atoms with Crippen molar-refractivity contribution < 1.29 is 0 Å². The van der Waals surface area contributed by atoms with Gasteiger partial charge in [0.1, 0.15) is 0 Å². The van der Waals surface area contributed by atoms with Crippen LogP contribution in [-0.2, 0) is 6.42 Å². The lowest BCUT2D eigenvalue weighted by molar-refractivity contribution is 1.21. The van der Waals surface area contributed by atoms with E-state index in [1.807, 2.05) is 13.8 Å². The molecule has 1 radical (unpaired) electrons. The van der Waals surface area contributed by atoms with Gasteiger partial charge in [0.2, 0.25) is 0 Å². The number of benzene rings is 2. The SMILES string of the molecule is CC.[B]1c2ccccc2Cc2ccccc21. The summed E-state index contributed by atoms with van der Waals surface area (Å²) >= 11 is 0. The smallest absolute Gasteiger partial charge is 0.0780 e. The zero-order chi connectivity index (χ0) is 11.4. The maximum absolute atomic E-state index is 2.27. The molecule has 0 aliphatic carbocycles. The fourth-order valence-electron chi connectivity index (χ4n) is 2.04. The number of rotatable bonds is 0. The van der Waals surface area contributed by atoms with E-state index in [-0.39, 0.29) is 0 Å². The molecule has 1 heteroatoms. The molecular formula is C15H16B. The lowest BCUT2D eigenvalue weighted by atomic mass is 9.57. The summed E-state index contributed by atoms with van der Waals surface area (Å²) in [4.78, 5) is 0. The maximum atomic E-state index is 2.27. The van der Waals surface area contributed by atoms with Crippen LogP contribution in [0.5, 0.6) is 0 Å². The average molecular weight is 207 g/mol. The van der Waals surface area contributed by atoms with E-state index in [4.69, 9.17) is 0 Å². The highest BCUT2D eigenvalue weighted by atomic mass is 14.1. The first-order valence-electron chi connectivity index (χ1n) is 5.94. The Kier molecular flexibility index (Phi) is 3.45. The highest BCUT2D eigenvalue weighted by Crippen LogP contribution is 2.09. The third kappa shape index (κ3) is 2.04. The Morgan fingerprint density at radius 1 is 0.750 bits per heavy atom. The van der Waals surface area contributed by atoms with E-state index in [1.165, 1.54) is 22.1 Å². The summed E-state index contributed by atoms with van der Waals surface area (Å²) in [6.07, 6.45) is 1.07. The van der Waals surface area contributed by atoms with Crippen molar-refractivity contribution in [2.45, 2.75) is 20.3 Å². The van der Waals surface area contributed by atoms with Crippen molar-refractivity contribution in [3.05, 3.63) is 59.7 Å². The number of fused-ring (bicyclic) bond motifs is 2. The first-order chi connectivity index (χ1) is 7.93. The van der Waals surface area contributed by atoms with E-state index in [0.29, 0.717) is 0 Å². The normalized spacial score (nSPS) is 11.4. The van der Waals surface area contributed by atoms with Crippen LogP contribution in [0, 0.1) is 0 Å². The highest BCUT2D eigenvalue weighted by Gasteiger charge is 2.14. The topological polar surface area (TPSA) is 0 Å². The van der Waals surface area contributed by atoms with Crippen LogP contribution in [0.15, 0.2) is 48.5 Å². The van der Waals surface area contributed by atoms with E-state index >= 15 is 0 Å². The number of hydrogen-bond acceptors (Lipinski definition) is 0. The zero-order valence-electron chi connectivity index (χ0n) is 9.90. The summed E-state index contributed by atoms with van der Waals surface area (Å²) in [6, 6.07) is 17.2. The Bertz CT molecular complexity index is 387. The van der Waals surface area contributed by atoms with Gasteiger partial charge >= 0.3 is 0 Å². The van der Waals surface area contributed by atoms with Gasteiger partial charge in [0.25, 0.3) is 0 Å². The molecule has 0 bridgehead atoms. The van der Waals surface area contributed by atoms with Gasteiger partial charge in [-0.1, -0.05) is 73.3 Å². The van der Waals surface area contributed by atoms with Crippen LogP contribution in [0.4, 0.5) is 0 Å². The van der Waals surface area contributed by atoms with Gasteiger partial charge in [-0.15, -0.1) is 0 Å². The molecule has 1 aliphatic rings. The Morgan fingerprint density at radius 2 is 1.19 bits per heavy atom. The van der Waals surface area contributed by atoms with Crippen molar-refractivity contribution in [3.63, 3.8) is 0 Å². The van der Waals surface area contributed by atoms with Crippen LogP contribution in [-0.4, -0.2) is 7.28 Å². The summed E-state index contributed by atoms with van der Waals surface area (Å²) in [6.45, 7) is 4.00. The molecule has 0 saturated carbocycles. The maximum Gasteiger partial charge on any atom is 0.192 e. The molecule has 79 valence electrons. The molecule has 0 fully saturated rings. The van der Waals surface area contributed by atoms with E-state index in [9.17, 15) is 0 Å². The monoisotopic (exact) mass is 207 g/mol. The average Bonchev–Trinajstić information content (AvgIpc) is 2.38. The van der Waals surface area contributed by atoms with Gasteiger partial charge in [-0.3, -0.25) is 0 Å². The van der Waals surface area contributed by atoms with E-state index in [2.05, 4.69) is 55.8 Å². The second-order valence-corrected chi connectivity index (χ2v) is 3.72. The summed E-state index contributed by atoms with van der Waals surface area (Å²) in [7, 11) is 2.27. The minimum absolute atomic E-state index is 1.07. The van der Waals surface area contributed by atoms with Gasteiger partial charge < -0.3 is 0 Å². The first kappa shape index (κ1) is 11.0. The second kappa shape index (κ2) is 5.02. The third-order valence-electron chi connectivity index (χ3n) is 2.80. The fraction of sp³-hybridized carbons (Fsp3) is 0.200.